The number of rotatable bonds is 6. The number of amides is 1. The van der Waals surface area contributed by atoms with Crippen LogP contribution in [0, 0.1) is 5.82 Å². The summed E-state index contributed by atoms with van der Waals surface area (Å²) in [5.41, 5.74) is 5.22. The molecule has 0 aliphatic rings. The summed E-state index contributed by atoms with van der Waals surface area (Å²) in [6.45, 7) is -0.171. The molecule has 0 saturated heterocycles. The molecule has 6 nitrogen and oxygen atoms in total. The smallest absolute Gasteiger partial charge is 0.389 e. The molecule has 0 spiro atoms. The zero-order chi connectivity index (χ0) is 21.2. The number of nitrogens with one attached hydrogen (secondary N) is 2. The number of nitrogens with zero attached hydrogens (tertiary/aromatic N) is 1. The molecule has 0 aliphatic carbocycles. The van der Waals surface area contributed by atoms with Gasteiger partial charge >= 0.3 is 6.18 Å². The molecule has 2 heterocycles. The molecule has 1 aromatic carbocycles. The fraction of sp³-hybridized carbons (Fsp3) is 0.222. The Morgan fingerprint density at radius 3 is 2.66 bits per heavy atom. The van der Waals surface area contributed by atoms with Crippen LogP contribution in [0.15, 0.2) is 35.7 Å². The van der Waals surface area contributed by atoms with Crippen molar-refractivity contribution in [1.82, 2.24) is 15.3 Å². The highest BCUT2D eigenvalue weighted by atomic mass is 32.1. The quantitative estimate of drug-likeness (QED) is 0.453. The van der Waals surface area contributed by atoms with E-state index in [4.69, 9.17) is 10.8 Å². The van der Waals surface area contributed by atoms with E-state index in [1.54, 1.807) is 5.38 Å². The number of hydrogen-bond donors (Lipinski definition) is 4. The van der Waals surface area contributed by atoms with Gasteiger partial charge in [0.25, 0.3) is 5.91 Å². The Labute approximate surface area is 166 Å². The van der Waals surface area contributed by atoms with Crippen LogP contribution in [0.3, 0.4) is 0 Å². The third-order valence-electron chi connectivity index (χ3n) is 4.12. The van der Waals surface area contributed by atoms with Gasteiger partial charge in [-0.1, -0.05) is 0 Å². The molecule has 0 bridgehead atoms. The first-order valence-electron chi connectivity index (χ1n) is 8.35. The Hall–Kier alpha value is -2.76. The maximum Gasteiger partial charge on any atom is 0.416 e. The third kappa shape index (κ3) is 4.63. The molecule has 0 radical (unpaired) electrons. The van der Waals surface area contributed by atoms with Crippen molar-refractivity contribution in [2.75, 3.05) is 6.54 Å². The average molecular weight is 428 g/mol. The molecule has 0 fully saturated rings. The number of aromatic amines is 1. The highest BCUT2D eigenvalue weighted by Gasteiger charge is 2.31. The molecular formula is C18H16F4N4O2S. The van der Waals surface area contributed by atoms with Gasteiger partial charge in [0.2, 0.25) is 0 Å². The van der Waals surface area contributed by atoms with E-state index in [9.17, 15) is 22.4 Å². The Morgan fingerprint density at radius 2 is 2.07 bits per heavy atom. The van der Waals surface area contributed by atoms with Crippen molar-refractivity contribution >= 4 is 17.2 Å². The van der Waals surface area contributed by atoms with Gasteiger partial charge in [0, 0.05) is 23.2 Å². The molecule has 1 amide bonds. The number of halogens is 4. The van der Waals surface area contributed by atoms with Crippen molar-refractivity contribution in [2.45, 2.75) is 18.8 Å². The Morgan fingerprint density at radius 1 is 1.31 bits per heavy atom. The van der Waals surface area contributed by atoms with Crippen LogP contribution in [0.25, 0.3) is 11.3 Å². The third-order valence-corrected chi connectivity index (χ3v) is 4.97. The summed E-state index contributed by atoms with van der Waals surface area (Å²) in [7, 11) is 0. The van der Waals surface area contributed by atoms with Gasteiger partial charge < -0.3 is 21.1 Å². The van der Waals surface area contributed by atoms with Crippen LogP contribution in [0.5, 0.6) is 0 Å². The van der Waals surface area contributed by atoms with Crippen molar-refractivity contribution in [1.29, 1.82) is 0 Å². The van der Waals surface area contributed by atoms with E-state index < -0.39 is 29.5 Å². The van der Waals surface area contributed by atoms with Crippen molar-refractivity contribution in [3.05, 3.63) is 63.5 Å². The van der Waals surface area contributed by atoms with Crippen LogP contribution in [-0.2, 0) is 12.8 Å². The number of H-pyrrole nitrogens is 1. The van der Waals surface area contributed by atoms with Crippen LogP contribution in [-0.4, -0.2) is 27.5 Å². The molecule has 0 unspecified atom stereocenters. The maximum absolute atomic E-state index is 14.1. The SMILES string of the molecule is NC[C@H](NC(=O)c1ccc(-c2ccc(C(F)(F)F)cc2F)[nH]1)c1csc(CO)n1. The number of hydrogen-bond acceptors (Lipinski definition) is 5. The molecule has 0 aliphatic heterocycles. The maximum atomic E-state index is 14.1. The van der Waals surface area contributed by atoms with Crippen LogP contribution in [0.1, 0.15) is 32.8 Å². The predicted molar refractivity (Wildman–Crippen MR) is 98.5 cm³/mol. The van der Waals surface area contributed by atoms with Crippen LogP contribution >= 0.6 is 11.3 Å². The van der Waals surface area contributed by atoms with Crippen LogP contribution < -0.4 is 11.1 Å². The molecule has 29 heavy (non-hydrogen) atoms. The molecule has 3 rings (SSSR count). The number of carbonyl (C=O) groups is 1. The Balaban J connectivity index is 1.77. The second kappa shape index (κ2) is 8.31. The number of aromatic nitrogens is 2. The van der Waals surface area contributed by atoms with Crippen molar-refractivity contribution in [2.24, 2.45) is 5.73 Å². The van der Waals surface area contributed by atoms with Gasteiger partial charge in [-0.3, -0.25) is 4.79 Å². The summed E-state index contributed by atoms with van der Waals surface area (Å²) < 4.78 is 52.2. The van der Waals surface area contributed by atoms with E-state index in [1.807, 2.05) is 0 Å². The first-order valence-corrected chi connectivity index (χ1v) is 9.23. The number of aliphatic hydroxyl groups is 1. The van der Waals surface area contributed by atoms with Crippen LogP contribution in [0.4, 0.5) is 17.6 Å². The second-order valence-corrected chi connectivity index (χ2v) is 7.01. The van der Waals surface area contributed by atoms with Crippen LogP contribution in [0.2, 0.25) is 0 Å². The summed E-state index contributed by atoms with van der Waals surface area (Å²) >= 11 is 1.22. The highest BCUT2D eigenvalue weighted by Crippen LogP contribution is 2.32. The number of thiazole rings is 1. The molecule has 5 N–H and O–H groups in total. The number of alkyl halides is 3. The fourth-order valence-corrected chi connectivity index (χ4v) is 3.35. The predicted octanol–water partition coefficient (Wildman–Crippen LogP) is 3.22. The lowest BCUT2D eigenvalue weighted by molar-refractivity contribution is -0.137. The van der Waals surface area contributed by atoms with Crippen molar-refractivity contribution in [3.8, 4) is 11.3 Å². The molecule has 0 saturated carbocycles. The standard InChI is InChI=1S/C18H16F4N4O2S/c19-11-5-9(18(20,21)22)1-2-10(11)12-3-4-13(24-12)17(28)26-14(6-23)15-8-29-16(7-27)25-15/h1-5,8,14,24,27H,6-7,23H2,(H,26,28)/t14-/m0/s1. The summed E-state index contributed by atoms with van der Waals surface area (Å²) in [6, 6.07) is 4.35. The second-order valence-electron chi connectivity index (χ2n) is 6.06. The molecule has 154 valence electrons. The van der Waals surface area contributed by atoms with Crippen molar-refractivity contribution in [3.63, 3.8) is 0 Å². The monoisotopic (exact) mass is 428 g/mol. The highest BCUT2D eigenvalue weighted by molar-refractivity contribution is 7.09. The van der Waals surface area contributed by atoms with E-state index in [-0.39, 0.29) is 30.1 Å². The van der Waals surface area contributed by atoms with E-state index in [0.717, 1.165) is 12.1 Å². The molecule has 3 aromatic rings. The number of carbonyl (C=O) groups excluding carboxylic acids is 1. The van der Waals surface area contributed by atoms with Gasteiger partial charge in [-0.25, -0.2) is 9.37 Å². The summed E-state index contributed by atoms with van der Waals surface area (Å²) in [6.07, 6.45) is -4.65. The molecular weight excluding hydrogens is 412 g/mol. The van der Waals surface area contributed by atoms with Gasteiger partial charge in [-0.15, -0.1) is 11.3 Å². The van der Waals surface area contributed by atoms with Gasteiger partial charge in [0.15, 0.2) is 0 Å². The van der Waals surface area contributed by atoms with E-state index >= 15 is 0 Å². The average Bonchev–Trinajstić information content (AvgIpc) is 3.34. The zero-order valence-electron chi connectivity index (χ0n) is 14.8. The van der Waals surface area contributed by atoms with Gasteiger partial charge in [0.05, 0.1) is 23.9 Å². The minimum atomic E-state index is -4.65. The lowest BCUT2D eigenvalue weighted by Gasteiger charge is -2.14. The zero-order valence-corrected chi connectivity index (χ0v) is 15.6. The minimum Gasteiger partial charge on any atom is -0.389 e. The first kappa shape index (κ1) is 21.0. The summed E-state index contributed by atoms with van der Waals surface area (Å²) in [5.74, 6) is -1.61. The number of nitrogens with two attached hydrogens (primary N) is 1. The Bertz CT molecular complexity index is 1020. The molecule has 2 aromatic heterocycles. The molecule has 1 atom stereocenters. The minimum absolute atomic E-state index is 0.0570. The number of aliphatic hydroxyl groups excluding tert-OH is 1. The van der Waals surface area contributed by atoms with E-state index in [1.165, 1.54) is 23.5 Å². The summed E-state index contributed by atoms with van der Waals surface area (Å²) in [5, 5.41) is 13.9. The number of benzene rings is 1. The fourth-order valence-electron chi connectivity index (χ4n) is 2.64. The largest absolute Gasteiger partial charge is 0.416 e. The van der Waals surface area contributed by atoms with E-state index in [2.05, 4.69) is 15.3 Å². The van der Waals surface area contributed by atoms with Gasteiger partial charge in [-0.05, 0) is 30.3 Å². The lowest BCUT2D eigenvalue weighted by Crippen LogP contribution is -2.33. The van der Waals surface area contributed by atoms with Crippen molar-refractivity contribution < 1.29 is 27.5 Å². The molecule has 11 heteroatoms. The van der Waals surface area contributed by atoms with Gasteiger partial charge in [0.1, 0.15) is 16.5 Å². The first-order chi connectivity index (χ1) is 13.7. The lowest BCUT2D eigenvalue weighted by atomic mass is 10.1. The van der Waals surface area contributed by atoms with E-state index in [0.29, 0.717) is 16.8 Å². The summed E-state index contributed by atoms with van der Waals surface area (Å²) in [4.78, 5) is 19.3. The van der Waals surface area contributed by atoms with Gasteiger partial charge in [-0.2, -0.15) is 13.2 Å². The normalized spacial score (nSPS) is 12.8. The topological polar surface area (TPSA) is 104 Å². The Kier molecular flexibility index (Phi) is 6.01.